The molecule has 0 spiro atoms. The molecule has 3 aromatic heterocycles. The number of rotatable bonds is 6. The SMILES string of the molecule is CCNc1ccc(-c2ccc3ncc4c(c3c2)n(-c2ccc(C3CCN(S(C)=O)CC3)cc2)c(=O)n4C)cn1. The van der Waals surface area contributed by atoms with Gasteiger partial charge < -0.3 is 5.32 Å². The Kier molecular flexibility index (Phi) is 6.78. The van der Waals surface area contributed by atoms with E-state index in [4.69, 9.17) is 0 Å². The average Bonchev–Trinajstić information content (AvgIpc) is 3.23. The molecule has 4 heterocycles. The molecular weight excluding hydrogens is 508 g/mol. The molecule has 1 aliphatic heterocycles. The molecular formula is C30H32N6O2S. The fourth-order valence-corrected chi connectivity index (χ4v) is 6.33. The van der Waals surface area contributed by atoms with E-state index in [-0.39, 0.29) is 5.69 Å². The van der Waals surface area contributed by atoms with Crippen LogP contribution in [0.15, 0.2) is 71.8 Å². The van der Waals surface area contributed by atoms with Gasteiger partial charge in [0.1, 0.15) is 5.82 Å². The zero-order valence-corrected chi connectivity index (χ0v) is 23.2. The summed E-state index contributed by atoms with van der Waals surface area (Å²) in [7, 11) is 0.881. The Morgan fingerprint density at radius 1 is 0.974 bits per heavy atom. The Morgan fingerprint density at radius 2 is 1.72 bits per heavy atom. The first-order valence-corrected chi connectivity index (χ1v) is 14.9. The number of aryl methyl sites for hydroxylation is 1. The molecule has 39 heavy (non-hydrogen) atoms. The van der Waals surface area contributed by atoms with Crippen LogP contribution in [0.5, 0.6) is 0 Å². The summed E-state index contributed by atoms with van der Waals surface area (Å²) >= 11 is 0. The Bertz CT molecular complexity index is 1730. The van der Waals surface area contributed by atoms with E-state index in [1.807, 2.05) is 47.8 Å². The number of pyridine rings is 2. The predicted molar refractivity (Wildman–Crippen MR) is 159 cm³/mol. The number of fused-ring (bicyclic) bond motifs is 3. The van der Waals surface area contributed by atoms with Crippen molar-refractivity contribution in [3.8, 4) is 16.8 Å². The molecule has 200 valence electrons. The average molecular weight is 541 g/mol. The number of piperidine rings is 1. The molecule has 9 heteroatoms. The molecule has 5 aromatic rings. The van der Waals surface area contributed by atoms with E-state index < -0.39 is 11.0 Å². The molecule has 1 aliphatic rings. The van der Waals surface area contributed by atoms with Gasteiger partial charge in [-0.1, -0.05) is 18.2 Å². The van der Waals surface area contributed by atoms with E-state index in [0.717, 1.165) is 77.0 Å². The molecule has 0 saturated carbocycles. The van der Waals surface area contributed by atoms with Crippen molar-refractivity contribution in [3.05, 3.63) is 83.0 Å². The molecule has 8 nitrogen and oxygen atoms in total. The fourth-order valence-electron chi connectivity index (χ4n) is 5.61. The van der Waals surface area contributed by atoms with E-state index in [1.54, 1.807) is 28.6 Å². The lowest BCUT2D eigenvalue weighted by atomic mass is 9.90. The molecule has 1 atom stereocenters. The van der Waals surface area contributed by atoms with Crippen molar-refractivity contribution < 1.29 is 4.21 Å². The highest BCUT2D eigenvalue weighted by Crippen LogP contribution is 2.32. The van der Waals surface area contributed by atoms with Crippen molar-refractivity contribution in [1.82, 2.24) is 23.4 Å². The zero-order valence-electron chi connectivity index (χ0n) is 22.4. The summed E-state index contributed by atoms with van der Waals surface area (Å²) in [6.45, 7) is 4.54. The van der Waals surface area contributed by atoms with E-state index in [1.165, 1.54) is 5.56 Å². The van der Waals surface area contributed by atoms with Crippen LogP contribution in [0, 0.1) is 0 Å². The van der Waals surface area contributed by atoms with Crippen LogP contribution in [0.25, 0.3) is 38.8 Å². The second-order valence-electron chi connectivity index (χ2n) is 10.1. The quantitative estimate of drug-likeness (QED) is 0.333. The number of imidazole rings is 1. The van der Waals surface area contributed by atoms with Gasteiger partial charge >= 0.3 is 5.69 Å². The first-order valence-electron chi connectivity index (χ1n) is 13.3. The second-order valence-corrected chi connectivity index (χ2v) is 11.4. The summed E-state index contributed by atoms with van der Waals surface area (Å²) in [5.41, 5.74) is 6.47. The minimum atomic E-state index is -0.912. The summed E-state index contributed by atoms with van der Waals surface area (Å²) in [4.78, 5) is 22.7. The Balaban J connectivity index is 1.41. The second kappa shape index (κ2) is 10.4. The number of hydrogen-bond acceptors (Lipinski definition) is 5. The number of benzene rings is 2. The first-order chi connectivity index (χ1) is 18.9. The Hall–Kier alpha value is -3.82. The molecule has 1 N–H and O–H groups in total. The number of nitrogens with one attached hydrogen (secondary N) is 1. The number of nitrogens with zero attached hydrogens (tertiary/aromatic N) is 5. The lowest BCUT2D eigenvalue weighted by Crippen LogP contribution is -2.33. The summed E-state index contributed by atoms with van der Waals surface area (Å²) in [5.74, 6) is 1.28. The zero-order chi connectivity index (χ0) is 27.1. The largest absolute Gasteiger partial charge is 0.370 e. The molecule has 0 amide bonds. The van der Waals surface area contributed by atoms with Gasteiger partial charge in [0.25, 0.3) is 0 Å². The fraction of sp³-hybridized carbons (Fsp3) is 0.300. The predicted octanol–water partition coefficient (Wildman–Crippen LogP) is 4.84. The van der Waals surface area contributed by atoms with Crippen molar-refractivity contribution in [3.63, 3.8) is 0 Å². The van der Waals surface area contributed by atoms with Crippen molar-refractivity contribution in [1.29, 1.82) is 0 Å². The highest BCUT2D eigenvalue weighted by Gasteiger charge is 2.23. The molecule has 1 fully saturated rings. The van der Waals surface area contributed by atoms with Crippen LogP contribution in [-0.4, -0.2) is 53.5 Å². The third-order valence-electron chi connectivity index (χ3n) is 7.78. The first kappa shape index (κ1) is 25.5. The molecule has 2 aromatic carbocycles. The number of anilines is 1. The van der Waals surface area contributed by atoms with Gasteiger partial charge in [-0.15, -0.1) is 0 Å². The van der Waals surface area contributed by atoms with Gasteiger partial charge in [-0.05, 0) is 73.2 Å². The van der Waals surface area contributed by atoms with Crippen molar-refractivity contribution in [2.24, 2.45) is 7.05 Å². The molecule has 0 bridgehead atoms. The third-order valence-corrected chi connectivity index (χ3v) is 8.87. The van der Waals surface area contributed by atoms with Gasteiger partial charge in [0.15, 0.2) is 0 Å². The van der Waals surface area contributed by atoms with Crippen LogP contribution >= 0.6 is 0 Å². The summed E-state index contributed by atoms with van der Waals surface area (Å²) in [5, 5.41) is 4.15. The van der Waals surface area contributed by atoms with Gasteiger partial charge in [0, 0.05) is 50.1 Å². The van der Waals surface area contributed by atoms with Crippen LogP contribution in [0.3, 0.4) is 0 Å². The van der Waals surface area contributed by atoms with Crippen molar-refractivity contribution in [2.75, 3.05) is 31.2 Å². The van der Waals surface area contributed by atoms with Gasteiger partial charge in [-0.3, -0.25) is 14.1 Å². The van der Waals surface area contributed by atoms with Crippen LogP contribution in [0.1, 0.15) is 31.2 Å². The topological polar surface area (TPSA) is 85.0 Å². The smallest absolute Gasteiger partial charge is 0.333 e. The van der Waals surface area contributed by atoms with E-state index >= 15 is 0 Å². The summed E-state index contributed by atoms with van der Waals surface area (Å²) < 4.78 is 17.3. The molecule has 1 saturated heterocycles. The number of aromatic nitrogens is 4. The lowest BCUT2D eigenvalue weighted by molar-refractivity contribution is 0.335. The van der Waals surface area contributed by atoms with E-state index in [9.17, 15) is 9.00 Å². The van der Waals surface area contributed by atoms with Gasteiger partial charge in [0.05, 0.1) is 39.4 Å². The van der Waals surface area contributed by atoms with Crippen LogP contribution in [0.4, 0.5) is 5.82 Å². The Morgan fingerprint density at radius 3 is 2.38 bits per heavy atom. The molecule has 1 unspecified atom stereocenters. The van der Waals surface area contributed by atoms with E-state index in [0.29, 0.717) is 5.92 Å². The standard InChI is InChI=1S/C30H32N6O2S/c1-4-31-28-12-8-23(18-33-28)22-7-11-26-25(17-22)29-27(19-32-26)34(2)30(37)36(29)24-9-5-20(6-10-24)21-13-15-35(16-14-21)39(3)38/h5-12,17-19,21H,4,13-16H2,1-3H3,(H,31,33). The summed E-state index contributed by atoms with van der Waals surface area (Å²) in [6.07, 6.45) is 7.36. The Labute approximate surface area is 229 Å². The van der Waals surface area contributed by atoms with Gasteiger partial charge in [-0.25, -0.2) is 18.3 Å². The third kappa shape index (κ3) is 4.66. The number of hydrogen-bond donors (Lipinski definition) is 1. The van der Waals surface area contributed by atoms with Crippen LogP contribution < -0.4 is 11.0 Å². The molecule has 0 radical (unpaired) electrons. The summed E-state index contributed by atoms with van der Waals surface area (Å²) in [6, 6.07) is 18.5. The highest BCUT2D eigenvalue weighted by molar-refractivity contribution is 7.81. The maximum absolute atomic E-state index is 13.5. The van der Waals surface area contributed by atoms with E-state index in [2.05, 4.69) is 39.6 Å². The van der Waals surface area contributed by atoms with Crippen molar-refractivity contribution >= 4 is 38.7 Å². The highest BCUT2D eigenvalue weighted by atomic mass is 32.2. The van der Waals surface area contributed by atoms with Crippen LogP contribution in [0.2, 0.25) is 0 Å². The minimum Gasteiger partial charge on any atom is -0.370 e. The normalized spacial score (nSPS) is 15.7. The van der Waals surface area contributed by atoms with Gasteiger partial charge in [0.2, 0.25) is 0 Å². The maximum Gasteiger partial charge on any atom is 0.333 e. The van der Waals surface area contributed by atoms with Gasteiger partial charge in [-0.2, -0.15) is 0 Å². The monoisotopic (exact) mass is 540 g/mol. The molecule has 0 aliphatic carbocycles. The lowest BCUT2D eigenvalue weighted by Gasteiger charge is -2.30. The van der Waals surface area contributed by atoms with Crippen molar-refractivity contribution in [2.45, 2.75) is 25.7 Å². The minimum absolute atomic E-state index is 0.104. The maximum atomic E-state index is 13.5. The molecule has 6 rings (SSSR count). The van der Waals surface area contributed by atoms with Crippen LogP contribution in [-0.2, 0) is 18.0 Å².